The molecule has 1 amide bonds. The molecule has 128 valence electrons. The largest absolute Gasteiger partial charge is 0.494 e. The van der Waals surface area contributed by atoms with Gasteiger partial charge in [-0.2, -0.15) is 0 Å². The van der Waals surface area contributed by atoms with E-state index in [2.05, 4.69) is 40.2 Å². The van der Waals surface area contributed by atoms with Crippen molar-refractivity contribution in [2.24, 2.45) is 7.05 Å². The van der Waals surface area contributed by atoms with Gasteiger partial charge in [0.1, 0.15) is 5.75 Å². The first-order valence-electron chi connectivity index (χ1n) is 8.55. The first kappa shape index (κ1) is 16.6. The third-order valence-electron chi connectivity index (χ3n) is 4.48. The van der Waals surface area contributed by atoms with Gasteiger partial charge in [0.15, 0.2) is 0 Å². The zero-order chi connectivity index (χ0) is 16.9. The lowest BCUT2D eigenvalue weighted by Gasteiger charge is -2.24. The van der Waals surface area contributed by atoms with E-state index >= 15 is 0 Å². The lowest BCUT2D eigenvalue weighted by Crippen LogP contribution is -2.33. The Morgan fingerprint density at radius 3 is 2.75 bits per heavy atom. The summed E-state index contributed by atoms with van der Waals surface area (Å²) in [6, 6.07) is 12.0. The quantitative estimate of drug-likeness (QED) is 0.886. The normalized spacial score (nSPS) is 17.8. The van der Waals surface area contributed by atoms with Gasteiger partial charge in [-0.25, -0.2) is 0 Å². The summed E-state index contributed by atoms with van der Waals surface area (Å²) >= 11 is 0. The molecule has 1 aromatic heterocycles. The number of nitrogens with zero attached hydrogens (tertiary/aromatic N) is 2. The Morgan fingerprint density at radius 2 is 2.08 bits per heavy atom. The minimum absolute atomic E-state index is 0.0280. The molecule has 3 rings (SSSR count). The van der Waals surface area contributed by atoms with Crippen molar-refractivity contribution in [2.45, 2.75) is 25.8 Å². The maximum atomic E-state index is 12.4. The van der Waals surface area contributed by atoms with Gasteiger partial charge in [0.05, 0.1) is 19.2 Å². The fourth-order valence-corrected chi connectivity index (χ4v) is 3.36. The molecule has 5 nitrogen and oxygen atoms in total. The van der Waals surface area contributed by atoms with E-state index in [0.29, 0.717) is 19.2 Å². The molecule has 0 spiro atoms. The lowest BCUT2D eigenvalue weighted by atomic mass is 10.1. The molecule has 1 aliphatic rings. The second kappa shape index (κ2) is 7.53. The van der Waals surface area contributed by atoms with E-state index in [1.807, 2.05) is 31.2 Å². The summed E-state index contributed by atoms with van der Waals surface area (Å²) in [5, 5.41) is 2.98. The van der Waals surface area contributed by atoms with Crippen molar-refractivity contribution in [1.82, 2.24) is 9.47 Å². The second-order valence-electron chi connectivity index (χ2n) is 6.18. The molecule has 0 bridgehead atoms. The fourth-order valence-electron chi connectivity index (χ4n) is 3.36. The molecule has 1 atom stereocenters. The number of hydrogen-bond donors (Lipinski definition) is 1. The van der Waals surface area contributed by atoms with Crippen LogP contribution in [-0.4, -0.2) is 35.1 Å². The third-order valence-corrected chi connectivity index (χ3v) is 4.48. The predicted molar refractivity (Wildman–Crippen MR) is 95.2 cm³/mol. The molecule has 0 unspecified atom stereocenters. The number of anilines is 1. The van der Waals surface area contributed by atoms with E-state index in [0.717, 1.165) is 30.8 Å². The monoisotopic (exact) mass is 327 g/mol. The van der Waals surface area contributed by atoms with Gasteiger partial charge >= 0.3 is 0 Å². The Bertz CT molecular complexity index is 678. The van der Waals surface area contributed by atoms with E-state index in [4.69, 9.17) is 4.74 Å². The van der Waals surface area contributed by atoms with Crippen molar-refractivity contribution in [2.75, 3.05) is 25.0 Å². The third kappa shape index (κ3) is 3.79. The molecular formula is C19H25N3O2. The molecule has 1 saturated heterocycles. The number of amides is 1. The number of likely N-dealkylation sites (tertiary alicyclic amines) is 1. The van der Waals surface area contributed by atoms with Crippen LogP contribution in [0.1, 0.15) is 31.5 Å². The summed E-state index contributed by atoms with van der Waals surface area (Å²) < 4.78 is 7.56. The van der Waals surface area contributed by atoms with Gasteiger partial charge in [0.2, 0.25) is 5.91 Å². The van der Waals surface area contributed by atoms with Crippen LogP contribution in [0.25, 0.3) is 0 Å². The SMILES string of the molecule is CCOc1ccc(NC(=O)CN2CCC[C@@H]2c2cccn2C)cc1. The number of carbonyl (C=O) groups is 1. The van der Waals surface area contributed by atoms with E-state index in [1.54, 1.807) is 0 Å². The fraction of sp³-hybridized carbons (Fsp3) is 0.421. The van der Waals surface area contributed by atoms with Crippen molar-refractivity contribution < 1.29 is 9.53 Å². The molecule has 2 aromatic rings. The second-order valence-corrected chi connectivity index (χ2v) is 6.18. The van der Waals surface area contributed by atoms with Gasteiger partial charge in [-0.1, -0.05) is 0 Å². The lowest BCUT2D eigenvalue weighted by molar-refractivity contribution is -0.117. The maximum absolute atomic E-state index is 12.4. The van der Waals surface area contributed by atoms with E-state index in [1.165, 1.54) is 5.69 Å². The molecule has 0 saturated carbocycles. The Balaban J connectivity index is 1.59. The van der Waals surface area contributed by atoms with Crippen LogP contribution in [0.4, 0.5) is 5.69 Å². The van der Waals surface area contributed by atoms with Gasteiger partial charge in [-0.15, -0.1) is 0 Å². The molecule has 1 aliphatic heterocycles. The first-order valence-corrected chi connectivity index (χ1v) is 8.55. The van der Waals surface area contributed by atoms with Gasteiger partial charge in [0, 0.05) is 24.6 Å². The highest BCUT2D eigenvalue weighted by Gasteiger charge is 2.28. The molecule has 1 N–H and O–H groups in total. The Hall–Kier alpha value is -2.27. The topological polar surface area (TPSA) is 46.5 Å². The van der Waals surface area contributed by atoms with Crippen LogP contribution in [0.2, 0.25) is 0 Å². The summed E-state index contributed by atoms with van der Waals surface area (Å²) in [6.07, 6.45) is 4.30. The molecule has 1 aromatic carbocycles. The van der Waals surface area contributed by atoms with Gasteiger partial charge in [0.25, 0.3) is 0 Å². The van der Waals surface area contributed by atoms with Crippen LogP contribution < -0.4 is 10.1 Å². The Morgan fingerprint density at radius 1 is 1.29 bits per heavy atom. The molecule has 5 heteroatoms. The summed E-state index contributed by atoms with van der Waals surface area (Å²) in [4.78, 5) is 14.7. The summed E-state index contributed by atoms with van der Waals surface area (Å²) in [6.45, 7) is 3.98. The highest BCUT2D eigenvalue weighted by molar-refractivity contribution is 5.92. The summed E-state index contributed by atoms with van der Waals surface area (Å²) in [5.74, 6) is 0.846. The Kier molecular flexibility index (Phi) is 5.20. The maximum Gasteiger partial charge on any atom is 0.238 e. The first-order chi connectivity index (χ1) is 11.7. The predicted octanol–water partition coefficient (Wildman–Crippen LogP) is 3.20. The minimum Gasteiger partial charge on any atom is -0.494 e. The minimum atomic E-state index is 0.0280. The zero-order valence-electron chi connectivity index (χ0n) is 14.4. The number of hydrogen-bond acceptors (Lipinski definition) is 3. The van der Waals surface area contributed by atoms with Crippen LogP contribution >= 0.6 is 0 Å². The number of aromatic nitrogens is 1. The summed E-state index contributed by atoms with van der Waals surface area (Å²) in [7, 11) is 2.06. The Labute approximate surface area is 143 Å². The van der Waals surface area contributed by atoms with E-state index < -0.39 is 0 Å². The van der Waals surface area contributed by atoms with Gasteiger partial charge in [-0.3, -0.25) is 9.69 Å². The van der Waals surface area contributed by atoms with Crippen molar-refractivity contribution in [3.05, 3.63) is 48.3 Å². The number of ether oxygens (including phenoxy) is 1. The van der Waals surface area contributed by atoms with Crippen molar-refractivity contribution in [3.63, 3.8) is 0 Å². The highest BCUT2D eigenvalue weighted by atomic mass is 16.5. The molecule has 0 aliphatic carbocycles. The van der Waals surface area contributed by atoms with Crippen LogP contribution in [0.15, 0.2) is 42.6 Å². The van der Waals surface area contributed by atoms with Crippen molar-refractivity contribution in [1.29, 1.82) is 0 Å². The number of nitrogens with one attached hydrogen (secondary N) is 1. The number of aryl methyl sites for hydroxylation is 1. The average Bonchev–Trinajstić information content (AvgIpc) is 3.18. The number of rotatable bonds is 6. The number of carbonyl (C=O) groups excluding carboxylic acids is 1. The van der Waals surface area contributed by atoms with Crippen molar-refractivity contribution in [3.8, 4) is 5.75 Å². The molecule has 0 radical (unpaired) electrons. The average molecular weight is 327 g/mol. The highest BCUT2D eigenvalue weighted by Crippen LogP contribution is 2.31. The van der Waals surface area contributed by atoms with Crippen LogP contribution in [0.3, 0.4) is 0 Å². The number of benzene rings is 1. The standard InChI is InChI=1S/C19H25N3O2/c1-3-24-16-10-8-15(9-11-16)20-19(23)14-22-13-5-7-18(22)17-6-4-12-21(17)2/h4,6,8-12,18H,3,5,7,13-14H2,1-2H3,(H,20,23)/t18-/m1/s1. The zero-order valence-corrected chi connectivity index (χ0v) is 14.4. The van der Waals surface area contributed by atoms with Crippen molar-refractivity contribution >= 4 is 11.6 Å². The molecule has 1 fully saturated rings. The molecular weight excluding hydrogens is 302 g/mol. The summed E-state index contributed by atoms with van der Waals surface area (Å²) in [5.41, 5.74) is 2.08. The van der Waals surface area contributed by atoms with Gasteiger partial charge < -0.3 is 14.6 Å². The van der Waals surface area contributed by atoms with Crippen LogP contribution in [-0.2, 0) is 11.8 Å². The van der Waals surface area contributed by atoms with Crippen LogP contribution in [0, 0.1) is 0 Å². The van der Waals surface area contributed by atoms with E-state index in [-0.39, 0.29) is 5.91 Å². The van der Waals surface area contributed by atoms with E-state index in [9.17, 15) is 4.79 Å². The van der Waals surface area contributed by atoms with Gasteiger partial charge in [-0.05, 0) is 62.7 Å². The molecule has 2 heterocycles. The smallest absolute Gasteiger partial charge is 0.238 e. The van der Waals surface area contributed by atoms with Crippen LogP contribution in [0.5, 0.6) is 5.75 Å². The molecule has 24 heavy (non-hydrogen) atoms.